The van der Waals surface area contributed by atoms with E-state index in [0.29, 0.717) is 82.1 Å². The Labute approximate surface area is 508 Å². The summed E-state index contributed by atoms with van der Waals surface area (Å²) in [6, 6.07) is 23.2. The minimum Gasteiger partial charge on any atom is -0.490 e. The summed E-state index contributed by atoms with van der Waals surface area (Å²) in [5.74, 6) is 5.17. The van der Waals surface area contributed by atoms with Crippen molar-refractivity contribution < 1.29 is 41.9 Å². The second-order valence-corrected chi connectivity index (χ2v) is 31.2. The topological polar surface area (TPSA) is 175 Å². The van der Waals surface area contributed by atoms with Crippen molar-refractivity contribution >= 4 is 72.0 Å². The molecule has 2 amide bonds. The molecule has 452 valence electrons. The summed E-state index contributed by atoms with van der Waals surface area (Å²) < 4.78 is 58.3. The van der Waals surface area contributed by atoms with Gasteiger partial charge in [-0.25, -0.2) is 17.3 Å². The number of aliphatic hydroxyl groups is 2. The number of nitrogens with one attached hydrogen (secondary N) is 2. The molecule has 2 saturated carbocycles. The third-order valence-electron chi connectivity index (χ3n) is 20.5. The zero-order chi connectivity index (χ0) is 59.4. The van der Waals surface area contributed by atoms with E-state index in [1.54, 1.807) is 24.3 Å². The van der Waals surface area contributed by atoms with E-state index >= 15 is 0 Å². The van der Waals surface area contributed by atoms with Crippen LogP contribution in [0.1, 0.15) is 161 Å². The van der Waals surface area contributed by atoms with Gasteiger partial charge >= 0.3 is 0 Å². The molecule has 0 radical (unpaired) electrons. The molecule has 4 heterocycles. The van der Waals surface area contributed by atoms with Gasteiger partial charge in [0.05, 0.1) is 50.7 Å². The SMILES string of the molecule is C=S1(=O)NC(=O)c2ccc3c(c2)N(C[C@@H]2CC[C@H]2[C@@](C)(O)/C=C/CC[C@H]1CC)C[C@@]1(CCCc2cc(Cl)ccc21)CO3.CC[C@@H]1CC/C=C/[C@@](C)(O)[C@@H]2CC[C@H]2CN2C[C@@]3(CCCc4cc(Cl)ccc43)COc3ccc(cc32)C(=O)NS1(=O)=O. The van der Waals surface area contributed by atoms with Crippen LogP contribution in [-0.4, -0.2) is 102 Å². The van der Waals surface area contributed by atoms with Gasteiger partial charge in [0.15, 0.2) is 0 Å². The Morgan fingerprint density at radius 3 is 1.51 bits per heavy atom. The smallest absolute Gasteiger partial charge is 0.264 e. The maximum atomic E-state index is 13.7. The maximum absolute atomic E-state index is 13.7. The van der Waals surface area contributed by atoms with Crippen molar-refractivity contribution in [2.75, 3.05) is 49.2 Å². The summed E-state index contributed by atoms with van der Waals surface area (Å²) in [7, 11) is -6.78. The Bertz CT molecular complexity index is 3230. The predicted molar refractivity (Wildman–Crippen MR) is 338 cm³/mol. The number of hydrogen-bond donors (Lipinski definition) is 4. The fourth-order valence-electron chi connectivity index (χ4n) is 15.5. The Morgan fingerprint density at radius 1 is 0.619 bits per heavy atom. The second kappa shape index (κ2) is 23.9. The number of ether oxygens (including phenoxy) is 2. The average Bonchev–Trinajstić information content (AvgIpc) is 1.78. The van der Waals surface area contributed by atoms with Crippen molar-refractivity contribution in [3.8, 4) is 11.5 Å². The number of benzene rings is 4. The van der Waals surface area contributed by atoms with Crippen molar-refractivity contribution in [1.29, 1.82) is 0 Å². The van der Waals surface area contributed by atoms with Gasteiger partial charge in [0.25, 0.3) is 11.8 Å². The van der Waals surface area contributed by atoms with Gasteiger partial charge in [0.2, 0.25) is 10.0 Å². The van der Waals surface area contributed by atoms with Crippen LogP contribution in [0, 0.1) is 23.7 Å². The third-order valence-corrected chi connectivity index (χ3v) is 25.0. The lowest BCUT2D eigenvalue weighted by Gasteiger charge is -2.48. The first-order valence-corrected chi connectivity index (χ1v) is 34.8. The Balaban J connectivity index is 0.000000175. The molecule has 4 aromatic carbocycles. The molecule has 8 aliphatic rings. The summed E-state index contributed by atoms with van der Waals surface area (Å²) >= 11 is 12.8. The highest BCUT2D eigenvalue weighted by Gasteiger charge is 2.49. The van der Waals surface area contributed by atoms with Crippen molar-refractivity contribution in [3.63, 3.8) is 0 Å². The molecule has 0 saturated heterocycles. The number of hydrogen-bond acceptors (Lipinski definition) is 11. The third kappa shape index (κ3) is 12.2. The van der Waals surface area contributed by atoms with E-state index < -0.39 is 42.1 Å². The highest BCUT2D eigenvalue weighted by molar-refractivity contribution is 7.99. The van der Waals surface area contributed by atoms with Crippen LogP contribution in [0.3, 0.4) is 0 Å². The fourth-order valence-corrected chi connectivity index (χ4v) is 18.9. The quantitative estimate of drug-likeness (QED) is 0.111. The summed E-state index contributed by atoms with van der Waals surface area (Å²) in [5.41, 5.74) is 5.07. The fraction of sp³-hybridized carbons (Fsp3) is 0.537. The minimum absolute atomic E-state index is 0.0832. The molecule has 12 rings (SSSR count). The molecular formula is C67H84Cl2N4O9S2. The van der Waals surface area contributed by atoms with Crippen molar-refractivity contribution in [3.05, 3.63) is 141 Å². The van der Waals surface area contributed by atoms with E-state index in [4.69, 9.17) is 32.7 Å². The lowest BCUT2D eigenvalue weighted by molar-refractivity contribution is -0.0317. The van der Waals surface area contributed by atoms with Gasteiger partial charge in [-0.15, -0.1) is 0 Å². The second-order valence-electron chi connectivity index (χ2n) is 26.1. The molecule has 84 heavy (non-hydrogen) atoms. The zero-order valence-electron chi connectivity index (χ0n) is 49.2. The Kier molecular flexibility index (Phi) is 17.3. The number of anilines is 2. The summed E-state index contributed by atoms with van der Waals surface area (Å²) in [6.45, 7) is 11.5. The number of sulfonamides is 1. The predicted octanol–water partition coefficient (Wildman–Crippen LogP) is 11.9. The highest BCUT2D eigenvalue weighted by atomic mass is 35.5. The van der Waals surface area contributed by atoms with E-state index in [-0.39, 0.29) is 45.3 Å². The number of carbonyl (C=O) groups is 2. The molecule has 1 unspecified atom stereocenters. The highest BCUT2D eigenvalue weighted by Crippen LogP contribution is 2.51. The van der Waals surface area contributed by atoms with Crippen LogP contribution < -0.4 is 28.7 Å². The van der Waals surface area contributed by atoms with E-state index in [9.17, 15) is 32.4 Å². The maximum Gasteiger partial charge on any atom is 0.264 e. The van der Waals surface area contributed by atoms with Crippen molar-refractivity contribution in [2.45, 2.75) is 163 Å². The van der Waals surface area contributed by atoms with Gasteiger partial charge in [-0.3, -0.25) is 14.3 Å². The van der Waals surface area contributed by atoms with Gasteiger partial charge < -0.3 is 29.5 Å². The molecule has 4 aliphatic carbocycles. The van der Waals surface area contributed by atoms with Crippen LogP contribution in [0.15, 0.2) is 97.1 Å². The molecular weight excluding hydrogens is 1140 g/mol. The summed E-state index contributed by atoms with van der Waals surface area (Å²) in [4.78, 5) is 31.6. The Morgan fingerprint density at radius 2 is 1.07 bits per heavy atom. The normalized spacial score (nSPS) is 34.4. The van der Waals surface area contributed by atoms with Crippen LogP contribution in [0.5, 0.6) is 11.5 Å². The van der Waals surface area contributed by atoms with Gasteiger partial charge in [-0.1, -0.05) is 73.5 Å². The van der Waals surface area contributed by atoms with Crippen molar-refractivity contribution in [2.24, 2.45) is 23.7 Å². The summed E-state index contributed by atoms with van der Waals surface area (Å²) in [6.07, 6.45) is 20.9. The minimum atomic E-state index is -3.89. The molecule has 4 bridgehead atoms. The number of fused-ring (bicyclic) bond motifs is 8. The first kappa shape index (κ1) is 60.6. The molecule has 2 fully saturated rings. The van der Waals surface area contributed by atoms with Gasteiger partial charge in [-0.05, 0) is 229 Å². The van der Waals surface area contributed by atoms with Crippen LogP contribution in [0.4, 0.5) is 11.4 Å². The molecule has 0 aromatic heterocycles. The largest absolute Gasteiger partial charge is 0.490 e. The molecule has 17 heteroatoms. The first-order chi connectivity index (χ1) is 40.0. The average molecular weight is 1220 g/mol. The number of nitrogens with zero attached hydrogens (tertiary/aromatic N) is 2. The number of allylic oxidation sites excluding steroid dienone is 2. The van der Waals surface area contributed by atoms with Crippen LogP contribution in [-0.2, 0) is 43.4 Å². The van der Waals surface area contributed by atoms with Gasteiger partial charge in [0, 0.05) is 63.4 Å². The lowest BCUT2D eigenvalue weighted by Crippen LogP contribution is -2.51. The van der Waals surface area contributed by atoms with Gasteiger partial charge in [-0.2, -0.15) is 0 Å². The lowest BCUT2D eigenvalue weighted by atomic mass is 9.64. The number of carbonyl (C=O) groups excluding carboxylic acids is 2. The van der Waals surface area contributed by atoms with Gasteiger partial charge in [0.1, 0.15) is 11.5 Å². The monoisotopic (exact) mass is 1220 g/mol. The first-order valence-electron chi connectivity index (χ1n) is 30.7. The molecule has 4 aliphatic heterocycles. The standard InChI is InChI=1S/C34H43ClN2O4S.C33H41ClN2O5S/c1-4-27-9-5-6-16-33(2,39)28-13-10-25(28)20-37-21-34(17-7-8-23-18-26(35)12-14-29(23)34)22-41-31-15-11-24(19-30(31)37)32(38)36-42(27,3)40;1-3-26-8-4-5-15-32(2,38)27-12-9-24(27)19-36-20-33(16-6-7-22-17-25(34)11-13-28(22)33)21-41-30-14-10-23(18-29(30)36)31(37)35-42(26,39)40/h6,11-12,14-16,18-19,25,27-28,39H,3-5,7-10,13,17,20-22H2,1-2H3,(H,36,38,40);5,10-11,13-15,17-18,24,26-27,38H,3-4,6-9,12,16,19-21H2,1-2H3,(H,35,37)/b16-6+;15-5+/t25-,27+,28+,33-,34-,42?;24-,26+,27+,32+,33-/m00/s1. The van der Waals surface area contributed by atoms with E-state index in [0.717, 1.165) is 104 Å². The van der Waals surface area contributed by atoms with Crippen molar-refractivity contribution in [1.82, 2.24) is 9.44 Å². The molecule has 13 nitrogen and oxygen atoms in total. The molecule has 4 N–H and O–H groups in total. The van der Waals surface area contributed by atoms with E-state index in [1.807, 2.05) is 76.3 Å². The molecule has 2 spiro atoms. The van der Waals surface area contributed by atoms with E-state index in [1.165, 1.54) is 22.3 Å². The van der Waals surface area contributed by atoms with E-state index in [2.05, 4.69) is 49.4 Å². The number of halogens is 2. The number of amides is 2. The molecule has 11 atom stereocenters. The molecule has 4 aromatic rings. The Hall–Kier alpha value is -5.03. The van der Waals surface area contributed by atoms with Crippen LogP contribution in [0.25, 0.3) is 0 Å². The van der Waals surface area contributed by atoms with Crippen LogP contribution in [0.2, 0.25) is 10.0 Å². The number of aryl methyl sites for hydroxylation is 2. The van der Waals surface area contributed by atoms with Crippen LogP contribution >= 0.6 is 23.2 Å². The summed E-state index contributed by atoms with van der Waals surface area (Å²) in [5, 5.41) is 23.6. The zero-order valence-corrected chi connectivity index (χ0v) is 52.3. The number of rotatable bonds is 2.